The second-order valence-electron chi connectivity index (χ2n) is 6.89. The molecule has 0 aromatic heterocycles. The molecule has 1 N–H and O–H groups in total. The number of esters is 1. The number of hydrogen-bond donors (Lipinski definition) is 1. The predicted octanol–water partition coefficient (Wildman–Crippen LogP) is 4.24. The van der Waals surface area contributed by atoms with Gasteiger partial charge in [0.25, 0.3) is 5.91 Å². The van der Waals surface area contributed by atoms with Crippen LogP contribution >= 0.6 is 0 Å². The number of amides is 1. The molecular weight excluding hydrogens is 398 g/mol. The Morgan fingerprint density at radius 2 is 1.71 bits per heavy atom. The maximum atomic E-state index is 12.5. The van der Waals surface area contributed by atoms with Gasteiger partial charge < -0.3 is 24.3 Å². The van der Waals surface area contributed by atoms with Crippen molar-refractivity contribution in [2.24, 2.45) is 0 Å². The van der Waals surface area contributed by atoms with Gasteiger partial charge in [0.1, 0.15) is 17.1 Å². The van der Waals surface area contributed by atoms with Crippen LogP contribution in [-0.2, 0) is 9.53 Å². The van der Waals surface area contributed by atoms with Crippen molar-refractivity contribution in [3.8, 4) is 23.0 Å². The van der Waals surface area contributed by atoms with Crippen molar-refractivity contribution >= 4 is 11.9 Å². The molecule has 3 aromatic rings. The maximum Gasteiger partial charge on any atom is 0.342 e. The van der Waals surface area contributed by atoms with Gasteiger partial charge >= 0.3 is 5.97 Å². The minimum Gasteiger partial charge on any atom is -0.456 e. The first-order chi connectivity index (χ1) is 15.1. The predicted molar refractivity (Wildman–Crippen MR) is 112 cm³/mol. The van der Waals surface area contributed by atoms with Gasteiger partial charge in [0.2, 0.25) is 6.79 Å². The fourth-order valence-electron chi connectivity index (χ4n) is 3.10. The molecule has 0 spiro atoms. The Balaban J connectivity index is 1.34. The standard InChI is InChI=1S/C24H21NO6/c1-16(17-11-12-21-22(13-17)30-15-29-21)25-23(26)14-28-24(27)19-9-5-6-10-20(19)31-18-7-3-2-4-8-18/h2-13,16H,14-15H2,1H3,(H,25,26)/t16-/m0/s1. The number of carbonyl (C=O) groups excluding carboxylic acids is 2. The van der Waals surface area contributed by atoms with E-state index < -0.39 is 18.5 Å². The van der Waals surface area contributed by atoms with E-state index in [1.54, 1.807) is 42.5 Å². The zero-order chi connectivity index (χ0) is 21.6. The second-order valence-corrected chi connectivity index (χ2v) is 6.89. The number of carbonyl (C=O) groups is 2. The first-order valence-electron chi connectivity index (χ1n) is 9.78. The number of nitrogens with one attached hydrogen (secondary N) is 1. The van der Waals surface area contributed by atoms with Crippen LogP contribution in [0.25, 0.3) is 0 Å². The number of ether oxygens (including phenoxy) is 4. The molecule has 0 saturated carbocycles. The average molecular weight is 419 g/mol. The zero-order valence-electron chi connectivity index (χ0n) is 16.9. The summed E-state index contributed by atoms with van der Waals surface area (Å²) in [5.41, 5.74) is 1.09. The van der Waals surface area contributed by atoms with Crippen LogP contribution in [0.5, 0.6) is 23.0 Å². The van der Waals surface area contributed by atoms with E-state index in [4.69, 9.17) is 18.9 Å². The first-order valence-corrected chi connectivity index (χ1v) is 9.78. The molecule has 1 heterocycles. The summed E-state index contributed by atoms with van der Waals surface area (Å²) in [6, 6.07) is 21.0. The van der Waals surface area contributed by atoms with Crippen LogP contribution in [0.15, 0.2) is 72.8 Å². The van der Waals surface area contributed by atoms with E-state index in [-0.39, 0.29) is 18.4 Å². The molecule has 0 radical (unpaired) electrons. The summed E-state index contributed by atoms with van der Waals surface area (Å²) < 4.78 is 21.6. The van der Waals surface area contributed by atoms with Gasteiger partial charge in [0.05, 0.1) is 6.04 Å². The number of fused-ring (bicyclic) bond motifs is 1. The molecule has 0 fully saturated rings. The number of benzene rings is 3. The Bertz CT molecular complexity index is 1080. The van der Waals surface area contributed by atoms with Crippen molar-refractivity contribution in [1.82, 2.24) is 5.32 Å². The molecule has 158 valence electrons. The third-order valence-electron chi connectivity index (χ3n) is 4.69. The smallest absolute Gasteiger partial charge is 0.342 e. The Kier molecular flexibility index (Phi) is 6.03. The summed E-state index contributed by atoms with van der Waals surface area (Å²) in [7, 11) is 0. The number of rotatable bonds is 7. The number of para-hydroxylation sites is 2. The SMILES string of the molecule is C[C@H](NC(=O)COC(=O)c1ccccc1Oc1ccccc1)c1ccc2c(c1)OCO2. The summed E-state index contributed by atoms with van der Waals surface area (Å²) in [4.78, 5) is 24.8. The lowest BCUT2D eigenvalue weighted by atomic mass is 10.1. The topological polar surface area (TPSA) is 83.1 Å². The summed E-state index contributed by atoms with van der Waals surface area (Å²) in [5, 5.41) is 2.80. The minimum atomic E-state index is -0.641. The van der Waals surface area contributed by atoms with Gasteiger partial charge in [-0.1, -0.05) is 36.4 Å². The molecule has 4 rings (SSSR count). The van der Waals surface area contributed by atoms with Crippen molar-refractivity contribution in [2.75, 3.05) is 13.4 Å². The van der Waals surface area contributed by atoms with E-state index in [2.05, 4.69) is 5.32 Å². The molecule has 0 bridgehead atoms. The lowest BCUT2D eigenvalue weighted by Gasteiger charge is -2.15. The molecule has 1 amide bonds. The quantitative estimate of drug-likeness (QED) is 0.577. The minimum absolute atomic E-state index is 0.185. The van der Waals surface area contributed by atoms with E-state index in [1.807, 2.05) is 37.3 Å². The molecule has 1 atom stereocenters. The van der Waals surface area contributed by atoms with Crippen molar-refractivity contribution in [3.05, 3.63) is 83.9 Å². The van der Waals surface area contributed by atoms with E-state index >= 15 is 0 Å². The fraction of sp³-hybridized carbons (Fsp3) is 0.167. The fourth-order valence-corrected chi connectivity index (χ4v) is 3.10. The highest BCUT2D eigenvalue weighted by Gasteiger charge is 2.19. The normalized spacial score (nSPS) is 12.7. The summed E-state index contributed by atoms with van der Waals surface area (Å²) in [6.07, 6.45) is 0. The highest BCUT2D eigenvalue weighted by Crippen LogP contribution is 2.34. The Morgan fingerprint density at radius 3 is 2.55 bits per heavy atom. The number of hydrogen-bond acceptors (Lipinski definition) is 6. The zero-order valence-corrected chi connectivity index (χ0v) is 16.9. The van der Waals surface area contributed by atoms with E-state index in [1.165, 1.54) is 0 Å². The Hall–Kier alpha value is -4.00. The Morgan fingerprint density at radius 1 is 0.968 bits per heavy atom. The van der Waals surface area contributed by atoms with Gasteiger partial charge in [0, 0.05) is 0 Å². The van der Waals surface area contributed by atoms with Crippen LogP contribution in [0.3, 0.4) is 0 Å². The van der Waals surface area contributed by atoms with Crippen molar-refractivity contribution in [3.63, 3.8) is 0 Å². The lowest BCUT2D eigenvalue weighted by molar-refractivity contribution is -0.124. The third kappa shape index (κ3) is 4.95. The van der Waals surface area contributed by atoms with Gasteiger partial charge in [-0.15, -0.1) is 0 Å². The van der Waals surface area contributed by atoms with Crippen LogP contribution in [-0.4, -0.2) is 25.3 Å². The molecule has 7 heteroatoms. The van der Waals surface area contributed by atoms with Gasteiger partial charge in [-0.25, -0.2) is 4.79 Å². The van der Waals surface area contributed by atoms with Crippen molar-refractivity contribution in [2.45, 2.75) is 13.0 Å². The van der Waals surface area contributed by atoms with Crippen molar-refractivity contribution in [1.29, 1.82) is 0 Å². The Labute approximate surface area is 179 Å². The molecular formula is C24H21NO6. The van der Waals surface area contributed by atoms with Crippen molar-refractivity contribution < 1.29 is 28.5 Å². The largest absolute Gasteiger partial charge is 0.456 e. The van der Waals surface area contributed by atoms with Gasteiger partial charge in [-0.05, 0) is 48.9 Å². The van der Waals surface area contributed by atoms with Crippen LogP contribution in [0, 0.1) is 0 Å². The monoisotopic (exact) mass is 419 g/mol. The van der Waals surface area contributed by atoms with Gasteiger partial charge in [-0.3, -0.25) is 4.79 Å². The summed E-state index contributed by atoms with van der Waals surface area (Å²) >= 11 is 0. The first kappa shape index (κ1) is 20.3. The van der Waals surface area contributed by atoms with Crippen LogP contribution in [0.1, 0.15) is 28.9 Å². The van der Waals surface area contributed by atoms with Gasteiger partial charge in [-0.2, -0.15) is 0 Å². The molecule has 3 aromatic carbocycles. The van der Waals surface area contributed by atoms with E-state index in [9.17, 15) is 9.59 Å². The summed E-state index contributed by atoms with van der Waals surface area (Å²) in [6.45, 7) is 1.61. The molecule has 1 aliphatic rings. The lowest BCUT2D eigenvalue weighted by Crippen LogP contribution is -2.31. The second kappa shape index (κ2) is 9.21. The van der Waals surface area contributed by atoms with Crippen LogP contribution in [0.4, 0.5) is 0 Å². The molecule has 7 nitrogen and oxygen atoms in total. The molecule has 1 aliphatic heterocycles. The third-order valence-corrected chi connectivity index (χ3v) is 4.69. The average Bonchev–Trinajstić information content (AvgIpc) is 3.26. The highest BCUT2D eigenvalue weighted by molar-refractivity contribution is 5.94. The van der Waals surface area contributed by atoms with Crippen LogP contribution in [0.2, 0.25) is 0 Å². The van der Waals surface area contributed by atoms with Crippen LogP contribution < -0.4 is 19.5 Å². The molecule has 31 heavy (non-hydrogen) atoms. The molecule has 0 unspecified atom stereocenters. The molecule has 0 aliphatic carbocycles. The van der Waals surface area contributed by atoms with E-state index in [0.29, 0.717) is 23.0 Å². The maximum absolute atomic E-state index is 12.5. The highest BCUT2D eigenvalue weighted by atomic mass is 16.7. The van der Waals surface area contributed by atoms with Gasteiger partial charge in [0.15, 0.2) is 18.1 Å². The molecule has 0 saturated heterocycles. The van der Waals surface area contributed by atoms with E-state index in [0.717, 1.165) is 5.56 Å². The summed E-state index contributed by atoms with van der Waals surface area (Å²) in [5.74, 6) is 1.20.